The Morgan fingerprint density at radius 3 is 2.73 bits per heavy atom. The van der Waals surface area contributed by atoms with Crippen LogP contribution < -0.4 is 10.2 Å². The van der Waals surface area contributed by atoms with Gasteiger partial charge in [0.2, 0.25) is 0 Å². The quantitative estimate of drug-likeness (QED) is 0.754. The summed E-state index contributed by atoms with van der Waals surface area (Å²) in [5.74, 6) is 0. The van der Waals surface area contributed by atoms with Crippen LogP contribution in [-0.2, 0) is 0 Å². The van der Waals surface area contributed by atoms with E-state index in [0.717, 1.165) is 6.67 Å². The Kier molecular flexibility index (Phi) is 1.85. The Bertz CT molecular complexity index is 511. The molecule has 0 saturated heterocycles. The monoisotopic (exact) mass is 196 g/mol. The first-order valence-electron chi connectivity index (χ1n) is 5.09. The number of rotatable bonds is 1. The summed E-state index contributed by atoms with van der Waals surface area (Å²) >= 11 is 0. The molecule has 15 heavy (non-hydrogen) atoms. The molecule has 0 unspecified atom stereocenters. The van der Waals surface area contributed by atoms with Gasteiger partial charge in [-0.3, -0.25) is 0 Å². The molecule has 0 amide bonds. The second-order valence-corrected chi connectivity index (χ2v) is 3.65. The average molecular weight is 196 g/mol. The summed E-state index contributed by atoms with van der Waals surface area (Å²) in [4.78, 5) is 2.21. The number of hydrogen-bond acceptors (Lipinski definition) is 2. The number of fused-ring (bicyclic) bond motifs is 1. The Hall–Kier alpha value is -1.96. The lowest BCUT2D eigenvalue weighted by Gasteiger charge is -2.17. The molecular formula is C13H12N2. The first-order chi connectivity index (χ1) is 7.45. The SMILES string of the molecule is C1=CN(c2cccc3ccccc23)CN1. The van der Waals surface area contributed by atoms with E-state index in [-0.39, 0.29) is 0 Å². The van der Waals surface area contributed by atoms with Gasteiger partial charge in [-0.25, -0.2) is 0 Å². The Labute approximate surface area is 88.8 Å². The van der Waals surface area contributed by atoms with Gasteiger partial charge in [-0.1, -0.05) is 36.4 Å². The van der Waals surface area contributed by atoms with Crippen LogP contribution in [0.25, 0.3) is 10.8 Å². The van der Waals surface area contributed by atoms with Gasteiger partial charge in [0.05, 0.1) is 12.4 Å². The summed E-state index contributed by atoms with van der Waals surface area (Å²) in [5.41, 5.74) is 1.26. The fraction of sp³-hybridized carbons (Fsp3) is 0.0769. The summed E-state index contributed by atoms with van der Waals surface area (Å²) in [6, 6.07) is 14.9. The van der Waals surface area contributed by atoms with Crippen molar-refractivity contribution in [2.24, 2.45) is 0 Å². The molecule has 0 aromatic heterocycles. The van der Waals surface area contributed by atoms with Gasteiger partial charge in [0.1, 0.15) is 0 Å². The molecule has 1 aliphatic rings. The van der Waals surface area contributed by atoms with Crippen molar-refractivity contribution >= 4 is 16.5 Å². The van der Waals surface area contributed by atoms with Gasteiger partial charge in [-0.15, -0.1) is 0 Å². The van der Waals surface area contributed by atoms with Crippen LogP contribution >= 0.6 is 0 Å². The van der Waals surface area contributed by atoms with E-state index in [1.165, 1.54) is 16.5 Å². The molecular weight excluding hydrogens is 184 g/mol. The number of nitrogens with zero attached hydrogens (tertiary/aromatic N) is 1. The lowest BCUT2D eigenvalue weighted by molar-refractivity contribution is 0.903. The molecule has 1 aliphatic heterocycles. The van der Waals surface area contributed by atoms with E-state index >= 15 is 0 Å². The van der Waals surface area contributed by atoms with Crippen LogP contribution in [0.2, 0.25) is 0 Å². The van der Waals surface area contributed by atoms with Crippen LogP contribution in [0, 0.1) is 0 Å². The highest BCUT2D eigenvalue weighted by Crippen LogP contribution is 2.27. The van der Waals surface area contributed by atoms with Gasteiger partial charge < -0.3 is 10.2 Å². The Morgan fingerprint density at radius 2 is 1.87 bits per heavy atom. The Morgan fingerprint density at radius 1 is 1.00 bits per heavy atom. The predicted molar refractivity (Wildman–Crippen MR) is 63.6 cm³/mol. The van der Waals surface area contributed by atoms with Crippen molar-refractivity contribution in [2.45, 2.75) is 0 Å². The largest absolute Gasteiger partial charge is 0.372 e. The van der Waals surface area contributed by atoms with Crippen molar-refractivity contribution in [1.29, 1.82) is 0 Å². The fourth-order valence-electron chi connectivity index (χ4n) is 1.97. The van der Waals surface area contributed by atoms with Crippen molar-refractivity contribution in [3.05, 3.63) is 54.9 Å². The highest BCUT2D eigenvalue weighted by atomic mass is 15.2. The van der Waals surface area contributed by atoms with E-state index in [0.29, 0.717) is 0 Å². The van der Waals surface area contributed by atoms with Crippen LogP contribution in [0.1, 0.15) is 0 Å². The first kappa shape index (κ1) is 8.36. The third-order valence-corrected chi connectivity index (χ3v) is 2.71. The number of hydrogen-bond donors (Lipinski definition) is 1. The predicted octanol–water partition coefficient (Wildman–Crippen LogP) is 2.68. The van der Waals surface area contributed by atoms with Crippen molar-refractivity contribution in [3.63, 3.8) is 0 Å². The highest BCUT2D eigenvalue weighted by Gasteiger charge is 2.08. The zero-order valence-electron chi connectivity index (χ0n) is 8.35. The molecule has 2 heteroatoms. The summed E-state index contributed by atoms with van der Waals surface area (Å²) in [6.07, 6.45) is 4.05. The number of anilines is 1. The minimum absolute atomic E-state index is 0.855. The fourth-order valence-corrected chi connectivity index (χ4v) is 1.97. The molecule has 2 aromatic rings. The molecule has 74 valence electrons. The van der Waals surface area contributed by atoms with Gasteiger partial charge >= 0.3 is 0 Å². The van der Waals surface area contributed by atoms with E-state index in [1.54, 1.807) is 0 Å². The van der Waals surface area contributed by atoms with Crippen molar-refractivity contribution in [2.75, 3.05) is 11.6 Å². The van der Waals surface area contributed by atoms with Gasteiger partial charge in [0.25, 0.3) is 0 Å². The Balaban J connectivity index is 2.21. The molecule has 2 nitrogen and oxygen atoms in total. The molecule has 0 spiro atoms. The van der Waals surface area contributed by atoms with Crippen LogP contribution in [-0.4, -0.2) is 6.67 Å². The molecule has 0 aliphatic carbocycles. The molecule has 0 radical (unpaired) electrons. The molecule has 0 fully saturated rings. The van der Waals surface area contributed by atoms with Gasteiger partial charge in [-0.2, -0.15) is 0 Å². The molecule has 2 aromatic carbocycles. The third-order valence-electron chi connectivity index (χ3n) is 2.71. The molecule has 3 rings (SSSR count). The van der Waals surface area contributed by atoms with Crippen LogP contribution in [0.3, 0.4) is 0 Å². The molecule has 1 N–H and O–H groups in total. The zero-order valence-corrected chi connectivity index (χ0v) is 8.35. The van der Waals surface area contributed by atoms with Crippen molar-refractivity contribution < 1.29 is 0 Å². The first-order valence-corrected chi connectivity index (χ1v) is 5.09. The minimum Gasteiger partial charge on any atom is -0.372 e. The van der Waals surface area contributed by atoms with E-state index in [9.17, 15) is 0 Å². The van der Waals surface area contributed by atoms with E-state index in [2.05, 4.69) is 58.9 Å². The molecule has 0 saturated carbocycles. The van der Waals surface area contributed by atoms with Crippen LogP contribution in [0.4, 0.5) is 5.69 Å². The topological polar surface area (TPSA) is 15.3 Å². The lowest BCUT2D eigenvalue weighted by atomic mass is 10.1. The summed E-state index contributed by atoms with van der Waals surface area (Å²) in [5, 5.41) is 5.77. The van der Waals surface area contributed by atoms with E-state index in [4.69, 9.17) is 0 Å². The smallest absolute Gasteiger partial charge is 0.0916 e. The highest BCUT2D eigenvalue weighted by molar-refractivity contribution is 5.94. The number of benzene rings is 2. The summed E-state index contributed by atoms with van der Waals surface area (Å²) in [7, 11) is 0. The van der Waals surface area contributed by atoms with Crippen molar-refractivity contribution in [1.82, 2.24) is 5.32 Å². The normalized spacial score (nSPS) is 14.5. The van der Waals surface area contributed by atoms with Crippen LogP contribution in [0.5, 0.6) is 0 Å². The lowest BCUT2D eigenvalue weighted by Crippen LogP contribution is -2.19. The van der Waals surface area contributed by atoms with E-state index in [1.807, 2.05) is 6.20 Å². The average Bonchev–Trinajstić information content (AvgIpc) is 2.82. The van der Waals surface area contributed by atoms with Gasteiger partial charge in [0, 0.05) is 17.8 Å². The summed E-state index contributed by atoms with van der Waals surface area (Å²) < 4.78 is 0. The molecule has 0 bridgehead atoms. The second-order valence-electron chi connectivity index (χ2n) is 3.65. The van der Waals surface area contributed by atoms with Gasteiger partial charge in [0.15, 0.2) is 0 Å². The minimum atomic E-state index is 0.855. The zero-order chi connectivity index (χ0) is 10.1. The summed E-state index contributed by atoms with van der Waals surface area (Å²) in [6.45, 7) is 0.855. The maximum Gasteiger partial charge on any atom is 0.0916 e. The van der Waals surface area contributed by atoms with E-state index < -0.39 is 0 Å². The standard InChI is InChI=1S/C13H12N2/c1-2-6-12-11(4-1)5-3-7-13(12)15-9-8-14-10-15/h1-9,14H,10H2. The molecule has 1 heterocycles. The van der Waals surface area contributed by atoms with Gasteiger partial charge in [-0.05, 0) is 11.5 Å². The second kappa shape index (κ2) is 3.31. The maximum absolute atomic E-state index is 3.18. The van der Waals surface area contributed by atoms with Crippen molar-refractivity contribution in [3.8, 4) is 0 Å². The third kappa shape index (κ3) is 1.34. The molecule has 0 atom stereocenters. The number of nitrogens with one attached hydrogen (secondary N) is 1. The van der Waals surface area contributed by atoms with Crippen LogP contribution in [0.15, 0.2) is 54.9 Å². The maximum atomic E-state index is 3.18.